The van der Waals surface area contributed by atoms with E-state index in [1.807, 2.05) is 6.07 Å². The van der Waals surface area contributed by atoms with Crippen LogP contribution in [0.3, 0.4) is 0 Å². The molecule has 2 aliphatic heterocycles. The zero-order valence-electron chi connectivity index (χ0n) is 45.1. The Morgan fingerprint density at radius 2 is 1.69 bits per heavy atom. The maximum absolute atomic E-state index is 14.5. The molecule has 3 aromatic heterocycles. The molecule has 0 spiro atoms. The maximum Gasteiger partial charge on any atom is 0.343 e. The molecule has 5 N–H and O–H groups in total. The largest absolute Gasteiger partial charge is 0.455 e. The van der Waals surface area contributed by atoms with Crippen LogP contribution in [0.15, 0.2) is 46.6 Å². The second-order valence-corrected chi connectivity index (χ2v) is 21.9. The van der Waals surface area contributed by atoms with Gasteiger partial charge in [0.2, 0.25) is 38.6 Å². The monoisotopic (exact) mass is 1090 g/mol. The number of unbranched alkanes of at least 4 members (excludes halogenated alkanes) is 2. The topological polar surface area (TPSA) is 270 Å². The van der Waals surface area contributed by atoms with E-state index in [1.165, 1.54) is 23.0 Å². The molecule has 0 aliphatic carbocycles. The number of pyridine rings is 2. The van der Waals surface area contributed by atoms with E-state index in [9.17, 15) is 46.7 Å². The molecule has 1 unspecified atom stereocenters. The first-order chi connectivity index (χ1) is 36.7. The minimum absolute atomic E-state index is 0.0558. The van der Waals surface area contributed by atoms with Crippen molar-refractivity contribution in [2.45, 2.75) is 148 Å². The number of hydrogen-bond acceptors (Lipinski definition) is 15. The van der Waals surface area contributed by atoms with Gasteiger partial charge in [0.25, 0.3) is 5.56 Å². The molecule has 2 aliphatic rings. The van der Waals surface area contributed by atoms with E-state index < -0.39 is 75.2 Å². The molecule has 0 bridgehead atoms. The molecule has 4 aromatic rings. The molecule has 0 radical (unpaired) electrons. The number of nitrogens with zero attached hydrogens (tertiary/aromatic N) is 5. The number of esters is 1. The number of halogens is 1. The number of ether oxygens (including phenoxy) is 2. The minimum atomic E-state index is -3.54. The van der Waals surface area contributed by atoms with E-state index in [0.717, 1.165) is 56.1 Å². The highest BCUT2D eigenvalue weighted by atomic mass is 32.2. The normalized spacial score (nSPS) is 16.4. The van der Waals surface area contributed by atoms with Crippen molar-refractivity contribution < 1.29 is 51.4 Å². The number of amides is 4. The Morgan fingerprint density at radius 1 is 0.961 bits per heavy atom. The first-order valence-corrected chi connectivity index (χ1v) is 28.3. The van der Waals surface area contributed by atoms with Crippen LogP contribution in [0.4, 0.5) is 4.39 Å². The molecule has 1 aromatic carbocycles. The fourth-order valence-corrected chi connectivity index (χ4v) is 9.92. The molecule has 0 saturated heterocycles. The van der Waals surface area contributed by atoms with Crippen molar-refractivity contribution in [1.82, 2.24) is 45.7 Å². The van der Waals surface area contributed by atoms with Crippen LogP contribution >= 0.6 is 0 Å². The zero-order valence-corrected chi connectivity index (χ0v) is 45.9. The summed E-state index contributed by atoms with van der Waals surface area (Å²) in [5.41, 5.74) is 0.673. The number of carbonyl (C=O) groups excluding carboxylic acids is 5. The SMILES string of the molecule is CCCN(CCC)CCCC[C@H](NC(=O)[C@@H](NC(=O)CCCC#Cc1cnc(S(C)(=O)=O)nc1)C(C)C)C(=O)NCC(=O)NCOCCCC1OC(=O)[C@](O)(CC)c2cc3n(c(=O)c21)Cc1cc2cc(C)c(F)cc2nc1-3. The smallest absolute Gasteiger partial charge is 0.343 e. The molecule has 4 amide bonds. The summed E-state index contributed by atoms with van der Waals surface area (Å²) in [6.45, 7) is 13.4. The van der Waals surface area contributed by atoms with Gasteiger partial charge >= 0.3 is 5.97 Å². The summed E-state index contributed by atoms with van der Waals surface area (Å²) >= 11 is 0. The molecule has 0 fully saturated rings. The number of rotatable bonds is 27. The Labute approximate surface area is 449 Å². The minimum Gasteiger partial charge on any atom is -0.455 e. The summed E-state index contributed by atoms with van der Waals surface area (Å²) in [7, 11) is -3.54. The van der Waals surface area contributed by atoms with Gasteiger partial charge in [-0.05, 0) is 114 Å². The van der Waals surface area contributed by atoms with E-state index >= 15 is 0 Å². The second-order valence-electron chi connectivity index (χ2n) is 20.0. The number of hydrogen-bond donors (Lipinski definition) is 5. The molecule has 6 rings (SSSR count). The van der Waals surface area contributed by atoms with Gasteiger partial charge in [0.05, 0.1) is 41.1 Å². The molecule has 77 heavy (non-hydrogen) atoms. The summed E-state index contributed by atoms with van der Waals surface area (Å²) in [5.74, 6) is 2.05. The highest BCUT2D eigenvalue weighted by molar-refractivity contribution is 7.90. The average Bonchev–Trinajstić information content (AvgIpc) is 3.87. The van der Waals surface area contributed by atoms with Crippen LogP contribution in [0, 0.1) is 30.5 Å². The molecular weight excluding hydrogens is 1010 g/mol. The Hall–Kier alpha value is -6.67. The highest BCUT2D eigenvalue weighted by Gasteiger charge is 2.48. The zero-order chi connectivity index (χ0) is 56.0. The number of aryl methyl sites for hydroxylation is 1. The molecule has 416 valence electrons. The first kappa shape index (κ1) is 59.6. The van der Waals surface area contributed by atoms with Gasteiger partial charge in [0.15, 0.2) is 5.60 Å². The Morgan fingerprint density at radius 3 is 2.36 bits per heavy atom. The summed E-state index contributed by atoms with van der Waals surface area (Å²) in [4.78, 5) is 95.7. The third-order valence-corrected chi connectivity index (χ3v) is 14.5. The van der Waals surface area contributed by atoms with Crippen LogP contribution in [0.25, 0.3) is 22.3 Å². The van der Waals surface area contributed by atoms with Crippen LogP contribution in [0.5, 0.6) is 0 Å². The van der Waals surface area contributed by atoms with E-state index in [-0.39, 0.29) is 73.7 Å². The first-order valence-electron chi connectivity index (χ1n) is 26.5. The number of aliphatic hydroxyl groups is 1. The molecule has 20 nitrogen and oxygen atoms in total. The van der Waals surface area contributed by atoms with Crippen molar-refractivity contribution in [2.75, 3.05) is 45.8 Å². The predicted molar refractivity (Wildman–Crippen MR) is 285 cm³/mol. The Kier molecular flexibility index (Phi) is 21.0. The number of sulfone groups is 1. The fraction of sp³-hybridized carbons (Fsp3) is 0.545. The molecular formula is C55H72FN9O11S. The van der Waals surface area contributed by atoms with E-state index in [2.05, 4.69) is 61.8 Å². The number of fused-ring (bicyclic) bond motifs is 5. The maximum atomic E-state index is 14.5. The molecule has 22 heteroatoms. The average molecular weight is 1090 g/mol. The molecule has 4 atom stereocenters. The van der Waals surface area contributed by atoms with Gasteiger partial charge in [0.1, 0.15) is 30.7 Å². The van der Waals surface area contributed by atoms with Crippen LogP contribution < -0.4 is 26.8 Å². The lowest BCUT2D eigenvalue weighted by Crippen LogP contribution is -2.56. The van der Waals surface area contributed by atoms with E-state index in [0.29, 0.717) is 53.7 Å². The standard InChI is InChI=1S/C55H72FN9O11S/c1-8-21-64(22-9-2)23-15-14-18-41(62-51(69)48(34(4)5)63-45(66)20-13-11-12-17-36-29-58-54(59-30-36)77(7,73)74)50(68)57-31-46(67)60-33-75-24-16-19-44-47-39(55(72,10-3)53(71)76-44)27-43-49-38(32-65(43)52(47)70)26-37-25-35(6)40(56)28-42(37)61-49/h25-30,34,41,44,48,72H,8-11,13-16,18-24,31-33H2,1-7H3,(H,57,68)(H,60,67)(H,62,69)(H,63,66)/t41-,44?,48-,55-/m0/s1. The number of nitrogens with one attached hydrogen (secondary N) is 4. The van der Waals surface area contributed by atoms with Crippen molar-refractivity contribution in [2.24, 2.45) is 5.92 Å². The lowest BCUT2D eigenvalue weighted by molar-refractivity contribution is -0.178. The van der Waals surface area contributed by atoms with Crippen molar-refractivity contribution in [3.05, 3.63) is 80.6 Å². The summed E-state index contributed by atoms with van der Waals surface area (Å²) < 4.78 is 50.7. The second kappa shape index (κ2) is 27.1. The van der Waals surface area contributed by atoms with Crippen molar-refractivity contribution in [3.63, 3.8) is 0 Å². The summed E-state index contributed by atoms with van der Waals surface area (Å²) in [6, 6.07) is 4.55. The van der Waals surface area contributed by atoms with Gasteiger partial charge in [-0.25, -0.2) is 32.6 Å². The van der Waals surface area contributed by atoms with Gasteiger partial charge in [-0.15, -0.1) is 0 Å². The number of benzene rings is 1. The predicted octanol–water partition coefficient (Wildman–Crippen LogP) is 4.39. The van der Waals surface area contributed by atoms with E-state index in [4.69, 9.17) is 14.5 Å². The van der Waals surface area contributed by atoms with Gasteiger partial charge in [-0.3, -0.25) is 24.0 Å². The van der Waals surface area contributed by atoms with Crippen molar-refractivity contribution in [1.29, 1.82) is 0 Å². The number of carbonyl (C=O) groups is 5. The lowest BCUT2D eigenvalue weighted by atomic mass is 9.82. The van der Waals surface area contributed by atoms with Gasteiger partial charge < -0.3 is 45.3 Å². The summed E-state index contributed by atoms with van der Waals surface area (Å²) in [5, 5.41) is 22.9. The molecule has 0 saturated carbocycles. The summed E-state index contributed by atoms with van der Waals surface area (Å²) in [6.07, 6.45) is 7.47. The Bertz CT molecular complexity index is 3040. The van der Waals surface area contributed by atoms with Gasteiger partial charge in [0, 0.05) is 60.7 Å². The van der Waals surface area contributed by atoms with Crippen LogP contribution in [0.2, 0.25) is 0 Å². The third-order valence-electron chi connectivity index (χ3n) is 13.6. The van der Waals surface area contributed by atoms with Crippen molar-refractivity contribution in [3.8, 4) is 23.2 Å². The fourth-order valence-electron chi connectivity index (χ4n) is 9.43. The molecule has 5 heterocycles. The quantitative estimate of drug-likeness (QED) is 0.0161. The highest BCUT2D eigenvalue weighted by Crippen LogP contribution is 2.43. The van der Waals surface area contributed by atoms with E-state index in [1.54, 1.807) is 39.8 Å². The van der Waals surface area contributed by atoms with Crippen LogP contribution in [0.1, 0.15) is 139 Å². The van der Waals surface area contributed by atoms with Gasteiger partial charge in [-0.1, -0.05) is 46.5 Å². The van der Waals surface area contributed by atoms with Crippen molar-refractivity contribution >= 4 is 50.3 Å². The van der Waals surface area contributed by atoms with Gasteiger partial charge in [-0.2, -0.15) is 0 Å². The lowest BCUT2D eigenvalue weighted by Gasteiger charge is -2.36. The number of aromatic nitrogens is 4. The van der Waals surface area contributed by atoms with Crippen LogP contribution in [-0.2, 0) is 55.4 Å². The van der Waals surface area contributed by atoms with Crippen LogP contribution in [-0.4, -0.2) is 125 Å². The number of cyclic esters (lactones) is 1. The third kappa shape index (κ3) is 15.3. The Balaban J connectivity index is 0.998.